The lowest BCUT2D eigenvalue weighted by Crippen LogP contribution is -2.41. The number of rotatable bonds is 13. The van der Waals surface area contributed by atoms with Crippen LogP contribution in [0.3, 0.4) is 0 Å². The summed E-state index contributed by atoms with van der Waals surface area (Å²) in [5.74, 6) is 0.851. The van der Waals surface area contributed by atoms with Crippen LogP contribution in [0.1, 0.15) is 93.9 Å². The SMILES string of the molecule is C=O.CC.CCN(CC)C(=O)c1ccc(C2=CC(CCNC)(CCOC(C)(C)C)Oc3ccc(N=C(c4ccccc4)c4ccccc4)cc32)cc1. The third kappa shape index (κ3) is 11.1. The molecule has 7 heteroatoms. The van der Waals surface area contributed by atoms with E-state index in [4.69, 9.17) is 19.3 Å². The molecule has 0 bridgehead atoms. The second kappa shape index (κ2) is 20.3. The number of amides is 1. The number of ether oxygens (including phenoxy) is 2. The zero-order valence-electron chi connectivity index (χ0n) is 32.4. The molecule has 1 unspecified atom stereocenters. The summed E-state index contributed by atoms with van der Waals surface area (Å²) in [5, 5.41) is 3.32. The number of hydrogen-bond donors (Lipinski definition) is 1. The maximum Gasteiger partial charge on any atom is 0.253 e. The fraction of sp³-hybridized carbons (Fsp3) is 0.356. The second-order valence-corrected chi connectivity index (χ2v) is 13.2. The van der Waals surface area contributed by atoms with Crippen molar-refractivity contribution in [3.63, 3.8) is 0 Å². The van der Waals surface area contributed by atoms with Gasteiger partial charge in [-0.3, -0.25) is 4.79 Å². The number of nitrogens with one attached hydrogen (secondary N) is 1. The van der Waals surface area contributed by atoms with Crippen LogP contribution in [0.4, 0.5) is 5.69 Å². The minimum Gasteiger partial charge on any atom is -0.482 e. The summed E-state index contributed by atoms with van der Waals surface area (Å²) in [7, 11) is 1.97. The normalized spacial score (nSPS) is 14.6. The minimum atomic E-state index is -0.587. The Morgan fingerprint density at radius 3 is 1.92 bits per heavy atom. The molecule has 0 fully saturated rings. The Labute approximate surface area is 311 Å². The van der Waals surface area contributed by atoms with Gasteiger partial charge in [0.25, 0.3) is 5.91 Å². The van der Waals surface area contributed by atoms with E-state index in [1.807, 2.05) is 107 Å². The summed E-state index contributed by atoms with van der Waals surface area (Å²) in [4.78, 5) is 28.2. The molecule has 1 aliphatic rings. The largest absolute Gasteiger partial charge is 0.482 e. The summed E-state index contributed by atoms with van der Waals surface area (Å²) >= 11 is 0. The van der Waals surface area contributed by atoms with Crippen LogP contribution in [0.2, 0.25) is 0 Å². The molecule has 52 heavy (non-hydrogen) atoms. The molecule has 1 aliphatic heterocycles. The van der Waals surface area contributed by atoms with Crippen molar-refractivity contribution < 1.29 is 19.1 Å². The van der Waals surface area contributed by atoms with Crippen molar-refractivity contribution in [1.82, 2.24) is 10.2 Å². The van der Waals surface area contributed by atoms with E-state index in [0.717, 1.165) is 57.9 Å². The van der Waals surface area contributed by atoms with Crippen LogP contribution in [-0.4, -0.2) is 67.8 Å². The fourth-order valence-electron chi connectivity index (χ4n) is 6.06. The highest BCUT2D eigenvalue weighted by molar-refractivity contribution is 6.14. The average Bonchev–Trinajstić information content (AvgIpc) is 3.18. The number of aliphatic imine (C=N–C) groups is 1. The number of nitrogens with zero attached hydrogens (tertiary/aromatic N) is 2. The molecular weight excluding hydrogens is 647 g/mol. The van der Waals surface area contributed by atoms with Gasteiger partial charge in [0.05, 0.1) is 23.6 Å². The lowest BCUT2D eigenvalue weighted by molar-refractivity contribution is -0.0980. The minimum absolute atomic E-state index is 0.0431. The average molecular weight is 704 g/mol. The maximum absolute atomic E-state index is 13.2. The van der Waals surface area contributed by atoms with Gasteiger partial charge in [0.1, 0.15) is 18.1 Å². The van der Waals surface area contributed by atoms with Gasteiger partial charge in [0.15, 0.2) is 0 Å². The van der Waals surface area contributed by atoms with Crippen LogP contribution < -0.4 is 10.1 Å². The predicted octanol–water partition coefficient (Wildman–Crippen LogP) is 9.56. The molecule has 1 heterocycles. The second-order valence-electron chi connectivity index (χ2n) is 13.2. The Balaban J connectivity index is 0.00000176. The number of fused-ring (bicyclic) bond motifs is 1. The van der Waals surface area contributed by atoms with E-state index in [2.05, 4.69) is 74.6 Å². The van der Waals surface area contributed by atoms with E-state index in [1.54, 1.807) is 0 Å². The van der Waals surface area contributed by atoms with Crippen LogP contribution in [0.25, 0.3) is 5.57 Å². The lowest BCUT2D eigenvalue weighted by atomic mass is 9.84. The zero-order chi connectivity index (χ0) is 38.1. The molecule has 4 aromatic carbocycles. The molecule has 1 N–H and O–H groups in total. The number of carbonyl (C=O) groups is 2. The van der Waals surface area contributed by atoms with Crippen LogP contribution in [0.5, 0.6) is 5.75 Å². The Morgan fingerprint density at radius 2 is 1.40 bits per heavy atom. The van der Waals surface area contributed by atoms with Crippen LogP contribution in [-0.2, 0) is 9.53 Å². The highest BCUT2D eigenvalue weighted by atomic mass is 16.5. The summed E-state index contributed by atoms with van der Waals surface area (Å²) in [5.41, 5.74) is 6.73. The molecular formula is C45H57N3O4. The molecule has 276 valence electrons. The number of benzene rings is 4. The maximum atomic E-state index is 13.2. The van der Waals surface area contributed by atoms with E-state index in [0.29, 0.717) is 31.7 Å². The standard InChI is InChI=1S/C42H49N3O3.C2H6.CH2O/c1-7-45(8-2)40(46)34-21-19-31(20-22-34)37-30-42(25-27-43-6,26-28-47-41(3,4)5)48-38-24-23-35(29-36(37)38)44-39(32-15-11-9-12-16-32)33-17-13-10-14-18-33;2*1-2/h9-24,29-30,43H,7-8,25-28H2,1-6H3;1-2H3;1H2. The monoisotopic (exact) mass is 703 g/mol. The van der Waals surface area contributed by atoms with Gasteiger partial charge in [0, 0.05) is 48.2 Å². The third-order valence-electron chi connectivity index (χ3n) is 8.66. The van der Waals surface area contributed by atoms with Gasteiger partial charge in [0.2, 0.25) is 0 Å². The smallest absolute Gasteiger partial charge is 0.253 e. The van der Waals surface area contributed by atoms with Gasteiger partial charge < -0.3 is 24.5 Å². The molecule has 0 radical (unpaired) electrons. The van der Waals surface area contributed by atoms with Crippen molar-refractivity contribution in [2.45, 2.75) is 72.5 Å². The molecule has 5 rings (SSSR count). The summed E-state index contributed by atoms with van der Waals surface area (Å²) in [6, 6.07) is 34.8. The van der Waals surface area contributed by atoms with Crippen LogP contribution >= 0.6 is 0 Å². The predicted molar refractivity (Wildman–Crippen MR) is 216 cm³/mol. The van der Waals surface area contributed by atoms with Gasteiger partial charge in [-0.1, -0.05) is 86.6 Å². The number of carbonyl (C=O) groups excluding carboxylic acids is 2. The van der Waals surface area contributed by atoms with E-state index >= 15 is 0 Å². The van der Waals surface area contributed by atoms with E-state index in [9.17, 15) is 4.79 Å². The zero-order valence-corrected chi connectivity index (χ0v) is 32.4. The van der Waals surface area contributed by atoms with Crippen molar-refractivity contribution in [2.24, 2.45) is 4.99 Å². The molecule has 1 amide bonds. The Kier molecular flexibility index (Phi) is 16.2. The molecule has 0 aliphatic carbocycles. The highest BCUT2D eigenvalue weighted by Gasteiger charge is 2.36. The number of hydrogen-bond acceptors (Lipinski definition) is 6. The third-order valence-corrected chi connectivity index (χ3v) is 8.66. The van der Waals surface area contributed by atoms with Crippen molar-refractivity contribution in [3.05, 3.63) is 137 Å². The first-order valence-corrected chi connectivity index (χ1v) is 18.4. The molecule has 4 aromatic rings. The van der Waals surface area contributed by atoms with Gasteiger partial charge in [-0.15, -0.1) is 0 Å². The summed E-state index contributed by atoms with van der Waals surface area (Å²) in [6.45, 7) is 18.9. The van der Waals surface area contributed by atoms with Crippen molar-refractivity contribution in [1.29, 1.82) is 0 Å². The molecule has 0 aromatic heterocycles. The van der Waals surface area contributed by atoms with Gasteiger partial charge in [-0.05, 0) is 95.8 Å². The van der Waals surface area contributed by atoms with Crippen molar-refractivity contribution in [2.75, 3.05) is 33.3 Å². The quantitative estimate of drug-likeness (QED) is 0.140. The van der Waals surface area contributed by atoms with Crippen LogP contribution in [0.15, 0.2) is 114 Å². The van der Waals surface area contributed by atoms with Gasteiger partial charge >= 0.3 is 0 Å². The van der Waals surface area contributed by atoms with Crippen molar-refractivity contribution >= 4 is 29.7 Å². The molecule has 0 spiro atoms. The van der Waals surface area contributed by atoms with Gasteiger partial charge in [-0.25, -0.2) is 4.99 Å². The topological polar surface area (TPSA) is 80.2 Å². The Hall–Kier alpha value is -4.85. The van der Waals surface area contributed by atoms with E-state index in [-0.39, 0.29) is 11.5 Å². The fourth-order valence-corrected chi connectivity index (χ4v) is 6.06. The van der Waals surface area contributed by atoms with E-state index < -0.39 is 5.60 Å². The lowest BCUT2D eigenvalue weighted by Gasteiger charge is -2.38. The highest BCUT2D eigenvalue weighted by Crippen LogP contribution is 2.44. The Morgan fingerprint density at radius 1 is 0.827 bits per heavy atom. The molecule has 7 nitrogen and oxygen atoms in total. The molecule has 1 atom stereocenters. The summed E-state index contributed by atoms with van der Waals surface area (Å²) in [6.07, 6.45) is 3.73. The first-order valence-electron chi connectivity index (χ1n) is 18.4. The first-order chi connectivity index (χ1) is 25.1. The molecule has 0 saturated heterocycles. The van der Waals surface area contributed by atoms with Gasteiger partial charge in [-0.2, -0.15) is 0 Å². The Bertz CT molecular complexity index is 1700. The molecule has 0 saturated carbocycles. The summed E-state index contributed by atoms with van der Waals surface area (Å²) < 4.78 is 13.1. The van der Waals surface area contributed by atoms with Crippen LogP contribution in [0, 0.1) is 0 Å². The van der Waals surface area contributed by atoms with E-state index in [1.165, 1.54) is 0 Å². The first kappa shape index (κ1) is 41.6. The van der Waals surface area contributed by atoms with Crippen molar-refractivity contribution in [3.8, 4) is 5.75 Å².